The number of amides is 1. The van der Waals surface area contributed by atoms with Gasteiger partial charge in [-0.25, -0.2) is 0 Å². The number of carbonyl (C=O) groups excluding carboxylic acids is 1. The van der Waals surface area contributed by atoms with E-state index in [1.165, 1.54) is 0 Å². The first-order valence-electron chi connectivity index (χ1n) is 5.81. The minimum atomic E-state index is -0.151. The third-order valence-electron chi connectivity index (χ3n) is 2.76. The molecule has 0 saturated carbocycles. The molecule has 1 amide bonds. The predicted octanol–water partition coefficient (Wildman–Crippen LogP) is 1.28. The van der Waals surface area contributed by atoms with Gasteiger partial charge in [-0.3, -0.25) is 9.89 Å². The van der Waals surface area contributed by atoms with E-state index >= 15 is 0 Å². The molecule has 0 spiro atoms. The highest BCUT2D eigenvalue weighted by Gasteiger charge is 2.07. The Labute approximate surface area is 108 Å². The second kappa shape index (κ2) is 4.85. The van der Waals surface area contributed by atoms with Gasteiger partial charge in [0.2, 0.25) is 0 Å². The van der Waals surface area contributed by atoms with Crippen LogP contribution in [-0.4, -0.2) is 26.3 Å². The quantitative estimate of drug-likeness (QED) is 0.736. The third kappa shape index (κ3) is 2.42. The lowest BCUT2D eigenvalue weighted by molar-refractivity contribution is 0.0950. The molecule has 0 aliphatic carbocycles. The average molecular weight is 253 g/mol. The van der Waals surface area contributed by atoms with Crippen molar-refractivity contribution in [2.75, 3.05) is 0 Å². The zero-order valence-corrected chi connectivity index (χ0v) is 10.00. The van der Waals surface area contributed by atoms with Crippen LogP contribution in [0.2, 0.25) is 0 Å². The van der Waals surface area contributed by atoms with Crippen molar-refractivity contribution in [2.45, 2.75) is 6.54 Å². The molecule has 94 valence electrons. The Balaban J connectivity index is 1.73. The van der Waals surface area contributed by atoms with Gasteiger partial charge in [0.25, 0.3) is 5.91 Å². The number of H-pyrrole nitrogens is 1. The molecule has 19 heavy (non-hydrogen) atoms. The van der Waals surface area contributed by atoms with E-state index in [0.29, 0.717) is 12.1 Å². The van der Waals surface area contributed by atoms with E-state index in [9.17, 15) is 4.79 Å². The summed E-state index contributed by atoms with van der Waals surface area (Å²) in [4.78, 5) is 12.0. The van der Waals surface area contributed by atoms with Crippen LogP contribution in [-0.2, 0) is 6.54 Å². The van der Waals surface area contributed by atoms with Crippen LogP contribution in [0.15, 0.2) is 42.7 Å². The number of carbonyl (C=O) groups is 1. The van der Waals surface area contributed by atoms with Crippen molar-refractivity contribution in [3.63, 3.8) is 0 Å². The zero-order valence-electron chi connectivity index (χ0n) is 10.00. The number of hydrogen-bond acceptors (Lipinski definition) is 4. The molecule has 0 unspecified atom stereocenters. The molecule has 3 aromatic rings. The molecular weight excluding hydrogens is 242 g/mol. The van der Waals surface area contributed by atoms with Crippen molar-refractivity contribution in [3.05, 3.63) is 54.0 Å². The van der Waals surface area contributed by atoms with Gasteiger partial charge < -0.3 is 5.32 Å². The van der Waals surface area contributed by atoms with Crippen LogP contribution in [0.4, 0.5) is 0 Å². The summed E-state index contributed by atoms with van der Waals surface area (Å²) >= 11 is 0. The molecule has 3 rings (SSSR count). The molecule has 0 aliphatic heterocycles. The molecule has 0 fully saturated rings. The SMILES string of the molecule is O=C(NCc1cccnn1)c1ccc2cn[nH]c2c1. The van der Waals surface area contributed by atoms with Crippen LogP contribution < -0.4 is 5.32 Å². The number of aromatic amines is 1. The van der Waals surface area contributed by atoms with Crippen molar-refractivity contribution >= 4 is 16.8 Å². The molecule has 6 heteroatoms. The highest BCUT2D eigenvalue weighted by atomic mass is 16.1. The molecule has 2 heterocycles. The summed E-state index contributed by atoms with van der Waals surface area (Å²) in [5, 5.41) is 18.2. The highest BCUT2D eigenvalue weighted by molar-refractivity contribution is 5.97. The van der Waals surface area contributed by atoms with Crippen molar-refractivity contribution in [1.82, 2.24) is 25.7 Å². The summed E-state index contributed by atoms with van der Waals surface area (Å²) < 4.78 is 0. The molecule has 1 aromatic carbocycles. The lowest BCUT2D eigenvalue weighted by Crippen LogP contribution is -2.23. The first-order chi connectivity index (χ1) is 9.33. The van der Waals surface area contributed by atoms with Gasteiger partial charge in [-0.2, -0.15) is 15.3 Å². The van der Waals surface area contributed by atoms with Gasteiger partial charge in [0.05, 0.1) is 24.0 Å². The largest absolute Gasteiger partial charge is 0.346 e. The predicted molar refractivity (Wildman–Crippen MR) is 69.3 cm³/mol. The average Bonchev–Trinajstić information content (AvgIpc) is 2.93. The number of benzene rings is 1. The molecular formula is C13H11N5O. The minimum Gasteiger partial charge on any atom is -0.346 e. The Morgan fingerprint density at radius 2 is 2.26 bits per heavy atom. The molecule has 0 atom stereocenters. The van der Waals surface area contributed by atoms with E-state index < -0.39 is 0 Å². The Morgan fingerprint density at radius 3 is 3.11 bits per heavy atom. The van der Waals surface area contributed by atoms with Crippen molar-refractivity contribution in [3.8, 4) is 0 Å². The van der Waals surface area contributed by atoms with Gasteiger partial charge in [-0.15, -0.1) is 0 Å². The van der Waals surface area contributed by atoms with Gasteiger partial charge in [0.15, 0.2) is 0 Å². The zero-order chi connectivity index (χ0) is 13.1. The van der Waals surface area contributed by atoms with E-state index in [-0.39, 0.29) is 5.91 Å². The Hall–Kier alpha value is -2.76. The molecule has 0 radical (unpaired) electrons. The normalized spacial score (nSPS) is 10.5. The maximum atomic E-state index is 12.0. The fourth-order valence-corrected chi connectivity index (χ4v) is 1.78. The van der Waals surface area contributed by atoms with Crippen molar-refractivity contribution in [1.29, 1.82) is 0 Å². The van der Waals surface area contributed by atoms with Crippen molar-refractivity contribution < 1.29 is 4.79 Å². The van der Waals surface area contributed by atoms with Gasteiger partial charge in [0, 0.05) is 17.1 Å². The number of nitrogens with one attached hydrogen (secondary N) is 2. The number of fused-ring (bicyclic) bond motifs is 1. The highest BCUT2D eigenvalue weighted by Crippen LogP contribution is 2.12. The van der Waals surface area contributed by atoms with E-state index in [0.717, 1.165) is 16.6 Å². The Kier molecular flexibility index (Phi) is 2.89. The summed E-state index contributed by atoms with van der Waals surface area (Å²) in [7, 11) is 0. The first-order valence-corrected chi connectivity index (χ1v) is 5.81. The molecule has 0 bridgehead atoms. The number of aromatic nitrogens is 4. The lowest BCUT2D eigenvalue weighted by atomic mass is 10.1. The maximum absolute atomic E-state index is 12.0. The fourth-order valence-electron chi connectivity index (χ4n) is 1.78. The molecule has 0 saturated heterocycles. The summed E-state index contributed by atoms with van der Waals surface area (Å²) in [6, 6.07) is 8.99. The maximum Gasteiger partial charge on any atom is 0.251 e. The van der Waals surface area contributed by atoms with Crippen LogP contribution in [0.25, 0.3) is 10.9 Å². The summed E-state index contributed by atoms with van der Waals surface area (Å²) in [6.45, 7) is 0.355. The minimum absolute atomic E-state index is 0.151. The van der Waals surface area contributed by atoms with Gasteiger partial charge in [0.1, 0.15) is 0 Å². The van der Waals surface area contributed by atoms with Gasteiger partial charge in [-0.1, -0.05) is 6.07 Å². The van der Waals surface area contributed by atoms with Crippen LogP contribution in [0.1, 0.15) is 16.1 Å². The topological polar surface area (TPSA) is 83.6 Å². The van der Waals surface area contributed by atoms with E-state index in [1.807, 2.05) is 12.1 Å². The van der Waals surface area contributed by atoms with Crippen LogP contribution in [0, 0.1) is 0 Å². The standard InChI is InChI=1S/C13H11N5O/c19-13(14-8-11-2-1-5-15-17-11)9-3-4-10-7-16-18-12(10)6-9/h1-7H,8H2,(H,14,19)(H,16,18). The molecule has 6 nitrogen and oxygen atoms in total. The summed E-state index contributed by atoms with van der Waals surface area (Å²) in [5.74, 6) is -0.151. The fraction of sp³-hybridized carbons (Fsp3) is 0.0769. The first kappa shape index (κ1) is 11.3. The molecule has 2 N–H and O–H groups in total. The number of hydrogen-bond donors (Lipinski definition) is 2. The summed E-state index contributed by atoms with van der Waals surface area (Å²) in [5.41, 5.74) is 2.14. The van der Waals surface area contributed by atoms with Gasteiger partial charge in [-0.05, 0) is 24.3 Å². The second-order valence-electron chi connectivity index (χ2n) is 4.07. The van der Waals surface area contributed by atoms with Crippen molar-refractivity contribution in [2.24, 2.45) is 0 Å². The molecule has 0 aliphatic rings. The van der Waals surface area contributed by atoms with Gasteiger partial charge >= 0.3 is 0 Å². The third-order valence-corrected chi connectivity index (χ3v) is 2.76. The van der Waals surface area contributed by atoms with Crippen LogP contribution in [0.5, 0.6) is 0 Å². The monoisotopic (exact) mass is 253 g/mol. The summed E-state index contributed by atoms with van der Waals surface area (Å²) in [6.07, 6.45) is 3.31. The van der Waals surface area contributed by atoms with Crippen LogP contribution in [0.3, 0.4) is 0 Å². The Morgan fingerprint density at radius 1 is 1.32 bits per heavy atom. The lowest BCUT2D eigenvalue weighted by Gasteiger charge is -2.04. The number of rotatable bonds is 3. The van der Waals surface area contributed by atoms with Crippen LogP contribution >= 0.6 is 0 Å². The molecule has 2 aromatic heterocycles. The van der Waals surface area contributed by atoms with E-state index in [4.69, 9.17) is 0 Å². The van der Waals surface area contributed by atoms with E-state index in [2.05, 4.69) is 25.7 Å². The second-order valence-corrected chi connectivity index (χ2v) is 4.07. The Bertz CT molecular complexity index is 707. The van der Waals surface area contributed by atoms with E-state index in [1.54, 1.807) is 30.6 Å². The smallest absolute Gasteiger partial charge is 0.251 e. The number of nitrogens with zero attached hydrogens (tertiary/aromatic N) is 3.